The average molecular weight is 316 g/mol. The van der Waals surface area contributed by atoms with E-state index in [1.165, 1.54) is 6.20 Å². The number of esters is 1. The number of aromatic nitrogens is 3. The first-order chi connectivity index (χ1) is 10.7. The lowest BCUT2D eigenvalue weighted by Gasteiger charge is -2.06. The van der Waals surface area contributed by atoms with Crippen molar-refractivity contribution in [3.05, 3.63) is 58.9 Å². The topological polar surface area (TPSA) is 57.0 Å². The zero-order valence-electron chi connectivity index (χ0n) is 12.0. The van der Waals surface area contributed by atoms with Gasteiger partial charge in [-0.1, -0.05) is 41.9 Å². The van der Waals surface area contributed by atoms with Gasteiger partial charge < -0.3 is 4.74 Å². The molecule has 0 bridgehead atoms. The van der Waals surface area contributed by atoms with Gasteiger partial charge in [0.1, 0.15) is 0 Å². The molecular formula is C16H14ClN3O2. The van der Waals surface area contributed by atoms with Crippen LogP contribution in [0.3, 0.4) is 0 Å². The van der Waals surface area contributed by atoms with Crippen molar-refractivity contribution in [2.24, 2.45) is 0 Å². The second-order valence-corrected chi connectivity index (χ2v) is 5.11. The van der Waals surface area contributed by atoms with Crippen molar-refractivity contribution in [3.63, 3.8) is 0 Å². The third-order valence-corrected chi connectivity index (χ3v) is 3.68. The Kier molecular flexibility index (Phi) is 4.06. The molecule has 0 aliphatic rings. The summed E-state index contributed by atoms with van der Waals surface area (Å²) in [5, 5.41) is 5.28. The Morgan fingerprint density at radius 1 is 1.27 bits per heavy atom. The Bertz CT molecular complexity index is 815. The lowest BCUT2D eigenvalue weighted by atomic mass is 10.2. The van der Waals surface area contributed by atoms with Crippen molar-refractivity contribution < 1.29 is 9.53 Å². The fourth-order valence-corrected chi connectivity index (χ4v) is 2.48. The summed E-state index contributed by atoms with van der Waals surface area (Å²) in [6.45, 7) is 2.63. The van der Waals surface area contributed by atoms with Gasteiger partial charge in [0.2, 0.25) is 0 Å². The molecule has 0 saturated carbocycles. The molecule has 2 aromatic heterocycles. The third kappa shape index (κ3) is 2.67. The minimum atomic E-state index is -0.474. The zero-order valence-corrected chi connectivity index (χ0v) is 12.7. The van der Waals surface area contributed by atoms with Crippen LogP contribution in [0, 0.1) is 0 Å². The van der Waals surface area contributed by atoms with Crippen LogP contribution in [0.1, 0.15) is 22.8 Å². The predicted octanol–water partition coefficient (Wildman–Crippen LogP) is 3.31. The van der Waals surface area contributed by atoms with Crippen LogP contribution in [0.2, 0.25) is 5.02 Å². The van der Waals surface area contributed by atoms with Crippen LogP contribution in [0.25, 0.3) is 11.0 Å². The van der Waals surface area contributed by atoms with Crippen LogP contribution in [-0.2, 0) is 11.3 Å². The molecule has 112 valence electrons. The van der Waals surface area contributed by atoms with E-state index in [0.29, 0.717) is 29.2 Å². The molecule has 0 amide bonds. The standard InChI is InChI=1S/C16H14ClN3O2/c1-2-22-16(21)13-8-18-15-12(14(13)17)9-19-20(15)10-11-6-4-3-5-7-11/h3-9H,2,10H2,1H3. The summed E-state index contributed by atoms with van der Waals surface area (Å²) in [5.74, 6) is -0.474. The van der Waals surface area contributed by atoms with Crippen LogP contribution < -0.4 is 0 Å². The normalized spacial score (nSPS) is 10.8. The number of halogens is 1. The molecule has 0 radical (unpaired) electrons. The Morgan fingerprint density at radius 3 is 2.77 bits per heavy atom. The molecule has 5 nitrogen and oxygen atoms in total. The monoisotopic (exact) mass is 315 g/mol. The van der Waals surface area contributed by atoms with Gasteiger partial charge in [-0.15, -0.1) is 0 Å². The maximum absolute atomic E-state index is 11.8. The number of ether oxygens (including phenoxy) is 1. The highest BCUT2D eigenvalue weighted by Gasteiger charge is 2.17. The number of carbonyl (C=O) groups excluding carboxylic acids is 1. The Hall–Kier alpha value is -2.40. The second kappa shape index (κ2) is 6.15. The molecule has 22 heavy (non-hydrogen) atoms. The molecule has 3 rings (SSSR count). The maximum atomic E-state index is 11.8. The molecule has 6 heteroatoms. The fourth-order valence-electron chi connectivity index (χ4n) is 2.22. The summed E-state index contributed by atoms with van der Waals surface area (Å²) < 4.78 is 6.72. The minimum Gasteiger partial charge on any atom is -0.462 e. The molecule has 0 aliphatic heterocycles. The summed E-state index contributed by atoms with van der Waals surface area (Å²) in [6.07, 6.45) is 3.06. The van der Waals surface area contributed by atoms with E-state index in [1.807, 2.05) is 30.3 Å². The number of carbonyl (C=O) groups is 1. The summed E-state index contributed by atoms with van der Waals surface area (Å²) in [4.78, 5) is 16.1. The zero-order chi connectivity index (χ0) is 15.5. The second-order valence-electron chi connectivity index (χ2n) is 4.73. The molecule has 0 fully saturated rings. The summed E-state index contributed by atoms with van der Waals surface area (Å²) in [6, 6.07) is 9.94. The van der Waals surface area contributed by atoms with Gasteiger partial charge in [-0.25, -0.2) is 14.5 Å². The van der Waals surface area contributed by atoms with Crippen LogP contribution in [0.4, 0.5) is 0 Å². The molecule has 0 aliphatic carbocycles. The van der Waals surface area contributed by atoms with Gasteiger partial charge in [0, 0.05) is 6.20 Å². The molecule has 0 N–H and O–H groups in total. The fraction of sp³-hybridized carbons (Fsp3) is 0.188. The Labute approximate surface area is 132 Å². The van der Waals surface area contributed by atoms with Crippen LogP contribution >= 0.6 is 11.6 Å². The van der Waals surface area contributed by atoms with Gasteiger partial charge in [0.25, 0.3) is 0 Å². The van der Waals surface area contributed by atoms with E-state index in [-0.39, 0.29) is 5.56 Å². The smallest absolute Gasteiger partial charge is 0.341 e. The number of pyridine rings is 1. The largest absolute Gasteiger partial charge is 0.462 e. The number of benzene rings is 1. The Balaban J connectivity index is 1.99. The summed E-state index contributed by atoms with van der Waals surface area (Å²) in [7, 11) is 0. The van der Waals surface area contributed by atoms with Gasteiger partial charge in [-0.2, -0.15) is 5.10 Å². The van der Waals surface area contributed by atoms with Gasteiger partial charge in [0.15, 0.2) is 5.65 Å². The van der Waals surface area contributed by atoms with Gasteiger partial charge in [0.05, 0.1) is 35.3 Å². The van der Waals surface area contributed by atoms with Crippen molar-refractivity contribution in [2.75, 3.05) is 6.61 Å². The van der Waals surface area contributed by atoms with E-state index >= 15 is 0 Å². The quantitative estimate of drug-likeness (QED) is 0.693. The number of nitrogens with zero attached hydrogens (tertiary/aromatic N) is 3. The van der Waals surface area contributed by atoms with Crippen molar-refractivity contribution in [1.29, 1.82) is 0 Å². The highest BCUT2D eigenvalue weighted by molar-refractivity contribution is 6.38. The first-order valence-corrected chi connectivity index (χ1v) is 7.29. The lowest BCUT2D eigenvalue weighted by Crippen LogP contribution is -2.07. The van der Waals surface area contributed by atoms with E-state index in [0.717, 1.165) is 5.56 Å². The Morgan fingerprint density at radius 2 is 2.05 bits per heavy atom. The van der Waals surface area contributed by atoms with Crippen molar-refractivity contribution >= 4 is 28.6 Å². The third-order valence-electron chi connectivity index (χ3n) is 3.27. The van der Waals surface area contributed by atoms with E-state index in [1.54, 1.807) is 17.8 Å². The first-order valence-electron chi connectivity index (χ1n) is 6.91. The lowest BCUT2D eigenvalue weighted by molar-refractivity contribution is 0.0526. The minimum absolute atomic E-state index is 0.260. The van der Waals surface area contributed by atoms with Crippen molar-refractivity contribution in [1.82, 2.24) is 14.8 Å². The molecule has 0 spiro atoms. The average Bonchev–Trinajstić information content (AvgIpc) is 2.93. The van der Waals surface area contributed by atoms with Gasteiger partial charge >= 0.3 is 5.97 Å². The van der Waals surface area contributed by atoms with Crippen molar-refractivity contribution in [2.45, 2.75) is 13.5 Å². The number of fused-ring (bicyclic) bond motifs is 1. The molecule has 0 saturated heterocycles. The molecule has 3 aromatic rings. The molecule has 0 atom stereocenters. The van der Waals surface area contributed by atoms with Gasteiger partial charge in [-0.05, 0) is 12.5 Å². The molecule has 2 heterocycles. The highest BCUT2D eigenvalue weighted by atomic mass is 35.5. The summed E-state index contributed by atoms with van der Waals surface area (Å²) >= 11 is 6.29. The maximum Gasteiger partial charge on any atom is 0.341 e. The number of rotatable bonds is 4. The van der Waals surface area contributed by atoms with E-state index in [9.17, 15) is 4.79 Å². The summed E-state index contributed by atoms with van der Waals surface area (Å²) in [5.41, 5.74) is 2.01. The van der Waals surface area contributed by atoms with Crippen LogP contribution in [0.5, 0.6) is 0 Å². The van der Waals surface area contributed by atoms with Crippen LogP contribution in [-0.4, -0.2) is 27.3 Å². The number of hydrogen-bond acceptors (Lipinski definition) is 4. The molecule has 1 aromatic carbocycles. The van der Waals surface area contributed by atoms with Crippen LogP contribution in [0.15, 0.2) is 42.7 Å². The van der Waals surface area contributed by atoms with E-state index in [2.05, 4.69) is 10.1 Å². The predicted molar refractivity (Wildman–Crippen MR) is 84.0 cm³/mol. The SMILES string of the molecule is CCOC(=O)c1cnc2c(cnn2Cc2ccccc2)c1Cl. The first kappa shape index (κ1) is 14.5. The van der Waals surface area contributed by atoms with Gasteiger partial charge in [-0.3, -0.25) is 0 Å². The van der Waals surface area contributed by atoms with E-state index < -0.39 is 5.97 Å². The van der Waals surface area contributed by atoms with Crippen molar-refractivity contribution in [3.8, 4) is 0 Å². The highest BCUT2D eigenvalue weighted by Crippen LogP contribution is 2.26. The number of hydrogen-bond donors (Lipinski definition) is 0. The molecule has 0 unspecified atom stereocenters. The van der Waals surface area contributed by atoms with E-state index in [4.69, 9.17) is 16.3 Å². The molecular weight excluding hydrogens is 302 g/mol.